The van der Waals surface area contributed by atoms with Gasteiger partial charge in [-0.3, -0.25) is 14.4 Å². The molecule has 3 amide bonds. The SMILES string of the molecule is CC(NC(=O)CNC(=O)C(N)Cc1ccc(O)cc1)C(=O)NC(Cc1ccc(O)cc1)C(=O)O. The fraction of sp³-hybridized carbons (Fsp3) is 0.304. The van der Waals surface area contributed by atoms with Crippen LogP contribution in [0.3, 0.4) is 0 Å². The number of nitrogens with one attached hydrogen (secondary N) is 3. The molecule has 0 saturated carbocycles. The predicted octanol–water partition coefficient (Wildman–Crippen LogP) is -0.599. The van der Waals surface area contributed by atoms with Crippen molar-refractivity contribution in [2.75, 3.05) is 6.54 Å². The van der Waals surface area contributed by atoms with E-state index in [4.69, 9.17) is 5.73 Å². The number of benzene rings is 2. The lowest BCUT2D eigenvalue weighted by Gasteiger charge is -2.19. The van der Waals surface area contributed by atoms with Crippen molar-refractivity contribution in [1.82, 2.24) is 16.0 Å². The van der Waals surface area contributed by atoms with Crippen LogP contribution in [0.1, 0.15) is 18.1 Å². The highest BCUT2D eigenvalue weighted by Gasteiger charge is 2.24. The Morgan fingerprint density at radius 1 is 0.824 bits per heavy atom. The maximum atomic E-state index is 12.4. The van der Waals surface area contributed by atoms with Crippen molar-refractivity contribution in [3.63, 3.8) is 0 Å². The lowest BCUT2D eigenvalue weighted by molar-refractivity contribution is -0.142. The summed E-state index contributed by atoms with van der Waals surface area (Å²) in [6, 6.07) is 8.87. The third-order valence-corrected chi connectivity index (χ3v) is 4.91. The molecule has 11 nitrogen and oxygen atoms in total. The molecule has 2 rings (SSSR count). The summed E-state index contributed by atoms with van der Waals surface area (Å²) in [6.45, 7) is 0.959. The number of nitrogens with two attached hydrogens (primary N) is 1. The van der Waals surface area contributed by atoms with Crippen molar-refractivity contribution in [2.24, 2.45) is 5.73 Å². The number of amides is 3. The predicted molar refractivity (Wildman–Crippen MR) is 122 cm³/mol. The Labute approximate surface area is 196 Å². The lowest BCUT2D eigenvalue weighted by atomic mass is 10.1. The molecule has 3 atom stereocenters. The maximum Gasteiger partial charge on any atom is 0.326 e. The van der Waals surface area contributed by atoms with Gasteiger partial charge in [0, 0.05) is 6.42 Å². The van der Waals surface area contributed by atoms with Crippen LogP contribution < -0.4 is 21.7 Å². The van der Waals surface area contributed by atoms with Crippen LogP contribution in [0.2, 0.25) is 0 Å². The fourth-order valence-corrected chi connectivity index (χ4v) is 3.00. The van der Waals surface area contributed by atoms with Crippen molar-refractivity contribution >= 4 is 23.7 Å². The summed E-state index contributed by atoms with van der Waals surface area (Å²) in [5, 5.41) is 35.1. The summed E-state index contributed by atoms with van der Waals surface area (Å²) in [4.78, 5) is 48.1. The zero-order valence-corrected chi connectivity index (χ0v) is 18.5. The van der Waals surface area contributed by atoms with Crippen molar-refractivity contribution in [2.45, 2.75) is 37.9 Å². The second kappa shape index (κ2) is 12.2. The number of phenolic OH excluding ortho intramolecular Hbond substituents is 2. The normalized spacial score (nSPS) is 13.2. The largest absolute Gasteiger partial charge is 0.508 e. The Balaban J connectivity index is 1.79. The smallest absolute Gasteiger partial charge is 0.326 e. The fourth-order valence-electron chi connectivity index (χ4n) is 3.00. The number of rotatable bonds is 11. The van der Waals surface area contributed by atoms with Crippen molar-refractivity contribution in [3.05, 3.63) is 59.7 Å². The Hall–Kier alpha value is -4.12. The monoisotopic (exact) mass is 472 g/mol. The minimum Gasteiger partial charge on any atom is -0.508 e. The topological polar surface area (TPSA) is 191 Å². The molecule has 0 spiro atoms. The van der Waals surface area contributed by atoms with Gasteiger partial charge < -0.3 is 37.0 Å². The molecule has 0 heterocycles. The van der Waals surface area contributed by atoms with Gasteiger partial charge in [-0.25, -0.2) is 4.79 Å². The highest BCUT2D eigenvalue weighted by atomic mass is 16.4. The van der Waals surface area contributed by atoms with Crippen LogP contribution in [-0.4, -0.2) is 63.7 Å². The van der Waals surface area contributed by atoms with Gasteiger partial charge in [0.25, 0.3) is 0 Å². The first-order chi connectivity index (χ1) is 16.0. The number of carbonyl (C=O) groups excluding carboxylic acids is 3. The first-order valence-corrected chi connectivity index (χ1v) is 10.5. The maximum absolute atomic E-state index is 12.4. The summed E-state index contributed by atoms with van der Waals surface area (Å²) in [5.74, 6) is -3.07. The summed E-state index contributed by atoms with van der Waals surface area (Å²) >= 11 is 0. The summed E-state index contributed by atoms with van der Waals surface area (Å²) in [5.41, 5.74) is 7.16. The molecule has 8 N–H and O–H groups in total. The van der Waals surface area contributed by atoms with E-state index in [9.17, 15) is 34.5 Å². The van der Waals surface area contributed by atoms with E-state index in [0.717, 1.165) is 5.56 Å². The number of aromatic hydroxyl groups is 2. The number of phenols is 2. The Morgan fingerprint density at radius 3 is 1.82 bits per heavy atom. The van der Waals surface area contributed by atoms with Crippen LogP contribution in [0.15, 0.2) is 48.5 Å². The van der Waals surface area contributed by atoms with Gasteiger partial charge in [-0.05, 0) is 48.7 Å². The summed E-state index contributed by atoms with van der Waals surface area (Å²) < 4.78 is 0. The molecule has 0 aliphatic rings. The van der Waals surface area contributed by atoms with Crippen molar-refractivity contribution < 1.29 is 34.5 Å². The van der Waals surface area contributed by atoms with Crippen LogP contribution in [0.4, 0.5) is 0 Å². The van der Waals surface area contributed by atoms with Gasteiger partial charge in [-0.2, -0.15) is 0 Å². The molecule has 3 unspecified atom stereocenters. The second-order valence-corrected chi connectivity index (χ2v) is 7.75. The molecule has 2 aromatic rings. The molecule has 34 heavy (non-hydrogen) atoms. The molecule has 0 bridgehead atoms. The van der Waals surface area contributed by atoms with Crippen LogP contribution >= 0.6 is 0 Å². The highest BCUT2D eigenvalue weighted by Crippen LogP contribution is 2.12. The molecule has 0 aromatic heterocycles. The number of carboxylic acids is 1. The number of hydrogen-bond donors (Lipinski definition) is 7. The van der Waals surface area contributed by atoms with Gasteiger partial charge in [-0.1, -0.05) is 24.3 Å². The highest BCUT2D eigenvalue weighted by molar-refractivity contribution is 5.92. The molecular weight excluding hydrogens is 444 g/mol. The van der Waals surface area contributed by atoms with E-state index in [0.29, 0.717) is 5.56 Å². The molecule has 2 aromatic carbocycles. The molecular formula is C23H28N4O7. The molecule has 0 aliphatic heterocycles. The second-order valence-electron chi connectivity index (χ2n) is 7.75. The van der Waals surface area contributed by atoms with Gasteiger partial charge in [0.2, 0.25) is 17.7 Å². The third kappa shape index (κ3) is 8.43. The van der Waals surface area contributed by atoms with E-state index < -0.39 is 48.4 Å². The average Bonchev–Trinajstić information content (AvgIpc) is 2.79. The first-order valence-electron chi connectivity index (χ1n) is 10.5. The van der Waals surface area contributed by atoms with Crippen LogP contribution in [0.5, 0.6) is 11.5 Å². The molecule has 0 radical (unpaired) electrons. The number of carbonyl (C=O) groups is 4. The Morgan fingerprint density at radius 2 is 1.32 bits per heavy atom. The minimum absolute atomic E-state index is 0.0169. The van der Waals surface area contributed by atoms with E-state index in [-0.39, 0.29) is 24.3 Å². The number of hydrogen-bond acceptors (Lipinski definition) is 7. The zero-order valence-electron chi connectivity index (χ0n) is 18.5. The average molecular weight is 472 g/mol. The van der Waals surface area contributed by atoms with Crippen molar-refractivity contribution in [1.29, 1.82) is 0 Å². The molecule has 0 saturated heterocycles. The van der Waals surface area contributed by atoms with Gasteiger partial charge >= 0.3 is 5.97 Å². The van der Waals surface area contributed by atoms with Gasteiger partial charge in [0.05, 0.1) is 12.6 Å². The van der Waals surface area contributed by atoms with E-state index in [1.54, 1.807) is 12.1 Å². The van der Waals surface area contributed by atoms with E-state index in [1.807, 2.05) is 0 Å². The Bertz CT molecular complexity index is 1010. The molecule has 182 valence electrons. The molecule has 0 aliphatic carbocycles. The van der Waals surface area contributed by atoms with Crippen molar-refractivity contribution in [3.8, 4) is 11.5 Å². The number of carboxylic acid groups (broad SMARTS) is 1. The van der Waals surface area contributed by atoms with Gasteiger partial charge in [0.1, 0.15) is 23.6 Å². The summed E-state index contributed by atoms with van der Waals surface area (Å²) in [7, 11) is 0. The zero-order chi connectivity index (χ0) is 25.3. The van der Waals surface area contributed by atoms with Gasteiger partial charge in [-0.15, -0.1) is 0 Å². The minimum atomic E-state index is -1.25. The third-order valence-electron chi connectivity index (χ3n) is 4.91. The molecule has 0 fully saturated rings. The number of aliphatic carboxylic acids is 1. The van der Waals surface area contributed by atoms with Crippen LogP contribution in [0, 0.1) is 0 Å². The lowest BCUT2D eigenvalue weighted by Crippen LogP contribution is -2.53. The van der Waals surface area contributed by atoms with Gasteiger partial charge in [0.15, 0.2) is 0 Å². The van der Waals surface area contributed by atoms with E-state index >= 15 is 0 Å². The Kier molecular flexibility index (Phi) is 9.38. The standard InChI is InChI=1S/C23H28N4O7/c1-13(21(31)27-19(23(33)34)11-15-4-8-17(29)9-5-15)26-20(30)12-25-22(32)18(24)10-14-2-6-16(28)7-3-14/h2-9,13,18-19,28-29H,10-12,24H2,1H3,(H,25,32)(H,26,30)(H,27,31)(H,33,34). The quantitative estimate of drug-likeness (QED) is 0.225. The summed E-state index contributed by atoms with van der Waals surface area (Å²) in [6.07, 6.45) is 0.182. The van der Waals surface area contributed by atoms with Crippen LogP contribution in [0.25, 0.3) is 0 Å². The van der Waals surface area contributed by atoms with Crippen LogP contribution in [-0.2, 0) is 32.0 Å². The first kappa shape index (κ1) is 26.1. The van der Waals surface area contributed by atoms with E-state index in [2.05, 4.69) is 16.0 Å². The molecule has 11 heteroatoms. The van der Waals surface area contributed by atoms with E-state index in [1.165, 1.54) is 43.3 Å².